The van der Waals surface area contributed by atoms with Crippen LogP contribution in [0.4, 0.5) is 0 Å². The first-order chi connectivity index (χ1) is 6.18. The van der Waals surface area contributed by atoms with E-state index in [-0.39, 0.29) is 6.04 Å². The van der Waals surface area contributed by atoms with Gasteiger partial charge in [-0.15, -0.1) is 0 Å². The summed E-state index contributed by atoms with van der Waals surface area (Å²) in [6.45, 7) is 4.13. The van der Waals surface area contributed by atoms with Crippen LogP contribution in [0, 0.1) is 19.8 Å². The van der Waals surface area contributed by atoms with Gasteiger partial charge in [-0.05, 0) is 49.8 Å². The average Bonchev–Trinajstić information content (AvgIpc) is 2.85. The number of hydrogen-bond acceptors (Lipinski definition) is 2. The van der Waals surface area contributed by atoms with Crippen molar-refractivity contribution in [1.82, 2.24) is 4.98 Å². The van der Waals surface area contributed by atoms with E-state index >= 15 is 0 Å². The van der Waals surface area contributed by atoms with Crippen LogP contribution in [0.15, 0.2) is 12.3 Å². The van der Waals surface area contributed by atoms with E-state index in [1.54, 1.807) is 0 Å². The first-order valence-corrected chi connectivity index (χ1v) is 4.87. The second-order valence-corrected chi connectivity index (χ2v) is 4.05. The summed E-state index contributed by atoms with van der Waals surface area (Å²) in [6, 6.07) is 2.32. The summed E-state index contributed by atoms with van der Waals surface area (Å²) in [5, 5.41) is 0. The first kappa shape index (κ1) is 8.70. The molecule has 13 heavy (non-hydrogen) atoms. The lowest BCUT2D eigenvalue weighted by molar-refractivity contribution is 0.626. The van der Waals surface area contributed by atoms with Gasteiger partial charge in [-0.2, -0.15) is 0 Å². The molecule has 1 aromatic heterocycles. The van der Waals surface area contributed by atoms with Crippen LogP contribution in [-0.4, -0.2) is 4.98 Å². The molecule has 1 aliphatic rings. The Morgan fingerprint density at radius 3 is 2.69 bits per heavy atom. The van der Waals surface area contributed by atoms with Gasteiger partial charge in [0.2, 0.25) is 0 Å². The third-order valence-corrected chi connectivity index (χ3v) is 2.78. The lowest BCUT2D eigenvalue weighted by Crippen LogP contribution is -2.14. The largest absolute Gasteiger partial charge is 0.324 e. The van der Waals surface area contributed by atoms with E-state index in [0.717, 1.165) is 5.69 Å². The Labute approximate surface area is 79.2 Å². The van der Waals surface area contributed by atoms with Crippen molar-refractivity contribution in [1.29, 1.82) is 0 Å². The summed E-state index contributed by atoms with van der Waals surface area (Å²) in [4.78, 5) is 4.29. The van der Waals surface area contributed by atoms with Crippen molar-refractivity contribution in [2.45, 2.75) is 32.7 Å². The van der Waals surface area contributed by atoms with Crippen LogP contribution in [0.5, 0.6) is 0 Å². The SMILES string of the molecule is Cc1cc(C)c(C(N)C2CC2)cn1. The van der Waals surface area contributed by atoms with Gasteiger partial charge in [-0.1, -0.05) is 0 Å². The molecule has 70 valence electrons. The monoisotopic (exact) mass is 176 g/mol. The van der Waals surface area contributed by atoms with Gasteiger partial charge in [0.05, 0.1) is 0 Å². The molecule has 2 N–H and O–H groups in total. The normalized spacial score (nSPS) is 18.7. The van der Waals surface area contributed by atoms with Gasteiger partial charge < -0.3 is 5.73 Å². The average molecular weight is 176 g/mol. The Morgan fingerprint density at radius 1 is 1.46 bits per heavy atom. The molecule has 0 aromatic carbocycles. The predicted molar refractivity (Wildman–Crippen MR) is 53.4 cm³/mol. The molecule has 1 unspecified atom stereocenters. The maximum absolute atomic E-state index is 6.11. The van der Waals surface area contributed by atoms with E-state index in [0.29, 0.717) is 5.92 Å². The highest BCUT2D eigenvalue weighted by Crippen LogP contribution is 2.39. The molecule has 0 spiro atoms. The molecule has 1 heterocycles. The lowest BCUT2D eigenvalue weighted by Gasteiger charge is -2.13. The molecule has 1 aliphatic carbocycles. The molecular weight excluding hydrogens is 160 g/mol. The van der Waals surface area contributed by atoms with Crippen molar-refractivity contribution in [2.24, 2.45) is 11.7 Å². The Hall–Kier alpha value is -0.890. The van der Waals surface area contributed by atoms with E-state index in [2.05, 4.69) is 18.0 Å². The number of nitrogens with zero attached hydrogens (tertiary/aromatic N) is 1. The number of aromatic nitrogens is 1. The summed E-state index contributed by atoms with van der Waals surface area (Å²) in [5.74, 6) is 0.711. The van der Waals surface area contributed by atoms with E-state index in [4.69, 9.17) is 5.73 Å². The zero-order chi connectivity index (χ0) is 9.42. The highest BCUT2D eigenvalue weighted by Gasteiger charge is 2.30. The van der Waals surface area contributed by atoms with Crippen LogP contribution in [0.2, 0.25) is 0 Å². The molecule has 1 saturated carbocycles. The van der Waals surface area contributed by atoms with Gasteiger partial charge in [0.25, 0.3) is 0 Å². The summed E-state index contributed by atoms with van der Waals surface area (Å²) in [5.41, 5.74) is 9.70. The molecule has 0 bridgehead atoms. The summed E-state index contributed by atoms with van der Waals surface area (Å²) < 4.78 is 0. The van der Waals surface area contributed by atoms with Crippen molar-refractivity contribution in [2.75, 3.05) is 0 Å². The molecule has 2 rings (SSSR count). The predicted octanol–water partition coefficient (Wildman–Crippen LogP) is 2.11. The maximum Gasteiger partial charge on any atom is 0.0375 e. The van der Waals surface area contributed by atoms with Crippen LogP contribution in [0.25, 0.3) is 0 Å². The third kappa shape index (κ3) is 1.73. The Bertz CT molecular complexity index is 316. The quantitative estimate of drug-likeness (QED) is 0.749. The number of nitrogens with two attached hydrogens (primary N) is 1. The van der Waals surface area contributed by atoms with Gasteiger partial charge in [-0.25, -0.2) is 0 Å². The number of rotatable bonds is 2. The minimum Gasteiger partial charge on any atom is -0.324 e. The Morgan fingerprint density at radius 2 is 2.15 bits per heavy atom. The summed E-state index contributed by atoms with van der Waals surface area (Å²) >= 11 is 0. The van der Waals surface area contributed by atoms with Crippen molar-refractivity contribution >= 4 is 0 Å². The number of aryl methyl sites for hydroxylation is 2. The van der Waals surface area contributed by atoms with Crippen molar-refractivity contribution in [3.05, 3.63) is 29.1 Å². The molecule has 0 radical (unpaired) electrons. The van der Waals surface area contributed by atoms with E-state index in [1.807, 2.05) is 13.1 Å². The van der Waals surface area contributed by atoms with Crippen LogP contribution in [0.3, 0.4) is 0 Å². The van der Waals surface area contributed by atoms with Crippen molar-refractivity contribution < 1.29 is 0 Å². The molecule has 1 aromatic rings. The zero-order valence-corrected chi connectivity index (χ0v) is 8.25. The topological polar surface area (TPSA) is 38.9 Å². The molecule has 1 atom stereocenters. The van der Waals surface area contributed by atoms with Gasteiger partial charge in [0.15, 0.2) is 0 Å². The Balaban J connectivity index is 2.28. The van der Waals surface area contributed by atoms with E-state index in [9.17, 15) is 0 Å². The zero-order valence-electron chi connectivity index (χ0n) is 8.25. The standard InChI is InChI=1S/C11H16N2/c1-7-5-8(2)13-6-10(7)11(12)9-3-4-9/h5-6,9,11H,3-4,12H2,1-2H3. The fraction of sp³-hybridized carbons (Fsp3) is 0.545. The van der Waals surface area contributed by atoms with Crippen LogP contribution < -0.4 is 5.73 Å². The number of pyridine rings is 1. The van der Waals surface area contributed by atoms with Crippen molar-refractivity contribution in [3.63, 3.8) is 0 Å². The molecule has 2 nitrogen and oxygen atoms in total. The Kier molecular flexibility index (Phi) is 2.08. The maximum atomic E-state index is 6.11. The smallest absolute Gasteiger partial charge is 0.0375 e. The summed E-state index contributed by atoms with van der Waals surface area (Å²) in [6.07, 6.45) is 4.51. The second kappa shape index (κ2) is 3.11. The minimum absolute atomic E-state index is 0.216. The highest BCUT2D eigenvalue weighted by atomic mass is 14.7. The van der Waals surface area contributed by atoms with E-state index in [1.165, 1.54) is 24.0 Å². The lowest BCUT2D eigenvalue weighted by atomic mass is 10.0. The highest BCUT2D eigenvalue weighted by molar-refractivity contribution is 5.28. The first-order valence-electron chi connectivity index (χ1n) is 4.87. The van der Waals surface area contributed by atoms with Gasteiger partial charge in [-0.3, -0.25) is 4.98 Å². The van der Waals surface area contributed by atoms with E-state index < -0.39 is 0 Å². The van der Waals surface area contributed by atoms with Gasteiger partial charge >= 0.3 is 0 Å². The second-order valence-electron chi connectivity index (χ2n) is 4.05. The van der Waals surface area contributed by atoms with Crippen molar-refractivity contribution in [3.8, 4) is 0 Å². The fourth-order valence-electron chi connectivity index (χ4n) is 1.77. The van der Waals surface area contributed by atoms with Gasteiger partial charge in [0.1, 0.15) is 0 Å². The fourth-order valence-corrected chi connectivity index (χ4v) is 1.77. The van der Waals surface area contributed by atoms with Crippen LogP contribution >= 0.6 is 0 Å². The third-order valence-electron chi connectivity index (χ3n) is 2.78. The van der Waals surface area contributed by atoms with Gasteiger partial charge in [0, 0.05) is 17.9 Å². The molecular formula is C11H16N2. The van der Waals surface area contributed by atoms with Crippen LogP contribution in [-0.2, 0) is 0 Å². The van der Waals surface area contributed by atoms with Crippen LogP contribution in [0.1, 0.15) is 35.7 Å². The molecule has 1 fully saturated rings. The summed E-state index contributed by atoms with van der Waals surface area (Å²) in [7, 11) is 0. The minimum atomic E-state index is 0.216. The molecule has 0 aliphatic heterocycles. The molecule has 0 saturated heterocycles. The molecule has 2 heteroatoms. The number of hydrogen-bond donors (Lipinski definition) is 1. The molecule has 0 amide bonds.